The summed E-state index contributed by atoms with van der Waals surface area (Å²) in [7, 11) is -0.763. The Balaban J connectivity index is 1.63. The molecule has 0 saturated carbocycles. The molecule has 30 heavy (non-hydrogen) atoms. The molecule has 3 nitrogen and oxygen atoms in total. The lowest BCUT2D eigenvalue weighted by molar-refractivity contribution is 1.28. The Morgan fingerprint density at radius 1 is 0.733 bits per heavy atom. The second-order valence-electron chi connectivity index (χ2n) is 7.06. The van der Waals surface area contributed by atoms with Gasteiger partial charge in [0.2, 0.25) is 0 Å². The summed E-state index contributed by atoms with van der Waals surface area (Å²) in [4.78, 5) is 9.59. The Morgan fingerprint density at radius 2 is 1.33 bits per heavy atom. The lowest BCUT2D eigenvalue weighted by Gasteiger charge is -2.20. The molecule has 0 aliphatic rings. The number of hydrogen-bond donors (Lipinski definition) is 1. The van der Waals surface area contributed by atoms with Gasteiger partial charge in [-0.1, -0.05) is 84.4 Å². The van der Waals surface area contributed by atoms with Crippen LogP contribution >= 0.6 is 8.07 Å². The van der Waals surface area contributed by atoms with Crippen LogP contribution in [-0.4, -0.2) is 10.7 Å². The molecule has 0 atom stereocenters. The highest BCUT2D eigenvalue weighted by Crippen LogP contribution is 2.33. The molecular formula is C26H24N3P. The van der Waals surface area contributed by atoms with E-state index in [0.717, 1.165) is 22.9 Å². The van der Waals surface area contributed by atoms with Gasteiger partial charge in [-0.25, -0.2) is 4.98 Å². The molecule has 4 rings (SSSR count). The van der Waals surface area contributed by atoms with Crippen molar-refractivity contribution in [3.8, 4) is 0 Å². The van der Waals surface area contributed by atoms with Gasteiger partial charge in [0.05, 0.1) is 25.2 Å². The summed E-state index contributed by atoms with van der Waals surface area (Å²) in [6.45, 7) is 4.08. The van der Waals surface area contributed by atoms with E-state index in [0.29, 0.717) is 0 Å². The maximum Gasteiger partial charge on any atom is 0.130 e. The van der Waals surface area contributed by atoms with Gasteiger partial charge < -0.3 is 5.09 Å². The zero-order chi connectivity index (χ0) is 20.8. The van der Waals surface area contributed by atoms with Gasteiger partial charge in [-0.2, -0.15) is 0 Å². The standard InChI is InChI=1S/C26H24N3P/c1-20-16-18-22(19-17-20)27-21(2)25-14-9-15-26(28-25)29-30(23-10-5-3-6-11-23)24-12-7-4-8-13-24/h3-19H,1-2H3,(H,28,29). The van der Waals surface area contributed by atoms with Crippen LogP contribution in [0.2, 0.25) is 0 Å². The van der Waals surface area contributed by atoms with E-state index in [9.17, 15) is 0 Å². The van der Waals surface area contributed by atoms with Gasteiger partial charge in [-0.15, -0.1) is 0 Å². The van der Waals surface area contributed by atoms with Crippen LogP contribution in [0.3, 0.4) is 0 Å². The number of benzene rings is 3. The smallest absolute Gasteiger partial charge is 0.130 e. The average Bonchev–Trinajstić information content (AvgIpc) is 2.80. The first-order chi connectivity index (χ1) is 14.7. The van der Waals surface area contributed by atoms with Gasteiger partial charge >= 0.3 is 0 Å². The molecular weight excluding hydrogens is 385 g/mol. The van der Waals surface area contributed by atoms with E-state index in [4.69, 9.17) is 9.98 Å². The molecule has 3 aromatic carbocycles. The predicted octanol–water partition coefficient (Wildman–Crippen LogP) is 5.99. The van der Waals surface area contributed by atoms with Gasteiger partial charge in [-0.05, 0) is 38.1 Å². The second-order valence-corrected chi connectivity index (χ2v) is 8.99. The molecule has 0 saturated heterocycles. The molecule has 0 spiro atoms. The van der Waals surface area contributed by atoms with Crippen LogP contribution in [-0.2, 0) is 0 Å². The summed E-state index contributed by atoms with van der Waals surface area (Å²) in [6, 6.07) is 35.4. The number of aryl methyl sites for hydroxylation is 1. The summed E-state index contributed by atoms with van der Waals surface area (Å²) >= 11 is 0. The maximum absolute atomic E-state index is 4.85. The highest BCUT2D eigenvalue weighted by molar-refractivity contribution is 7.74. The van der Waals surface area contributed by atoms with Gasteiger partial charge in [-0.3, -0.25) is 4.99 Å². The number of aliphatic imine (C=N–C) groups is 1. The van der Waals surface area contributed by atoms with Gasteiger partial charge in [0, 0.05) is 10.6 Å². The first kappa shape index (κ1) is 20.0. The lowest BCUT2D eigenvalue weighted by atomic mass is 10.2. The number of rotatable bonds is 6. The van der Waals surface area contributed by atoms with Crippen molar-refractivity contribution in [2.45, 2.75) is 13.8 Å². The Hall–Kier alpha value is -3.29. The third kappa shape index (κ3) is 5.00. The number of nitrogens with one attached hydrogen (secondary N) is 1. The molecule has 0 unspecified atom stereocenters. The minimum atomic E-state index is -0.763. The Kier molecular flexibility index (Phi) is 6.32. The topological polar surface area (TPSA) is 37.3 Å². The van der Waals surface area contributed by atoms with E-state index in [2.05, 4.69) is 72.7 Å². The number of anilines is 1. The van der Waals surface area contributed by atoms with Crippen LogP contribution in [0.4, 0.5) is 11.5 Å². The quantitative estimate of drug-likeness (QED) is 0.314. The van der Waals surface area contributed by atoms with Crippen LogP contribution < -0.4 is 15.7 Å². The van der Waals surface area contributed by atoms with Gasteiger partial charge in [0.1, 0.15) is 5.82 Å². The third-order valence-electron chi connectivity index (χ3n) is 4.71. The fourth-order valence-corrected chi connectivity index (χ4v) is 4.97. The SMILES string of the molecule is CC(=Nc1ccc(C)cc1)c1cccc(NP(c2ccccc2)c2ccccc2)n1. The molecule has 1 N–H and O–H groups in total. The fourth-order valence-electron chi connectivity index (χ4n) is 3.12. The first-order valence-electron chi connectivity index (χ1n) is 9.95. The van der Waals surface area contributed by atoms with Crippen molar-refractivity contribution in [3.05, 3.63) is 114 Å². The van der Waals surface area contributed by atoms with Crippen molar-refractivity contribution in [1.82, 2.24) is 4.98 Å². The number of aromatic nitrogens is 1. The molecule has 0 aliphatic carbocycles. The summed E-state index contributed by atoms with van der Waals surface area (Å²) < 4.78 is 0. The van der Waals surface area contributed by atoms with E-state index < -0.39 is 8.07 Å². The molecule has 0 amide bonds. The van der Waals surface area contributed by atoms with Crippen molar-refractivity contribution in [2.24, 2.45) is 4.99 Å². The van der Waals surface area contributed by atoms with Crippen molar-refractivity contribution >= 4 is 35.9 Å². The summed E-state index contributed by atoms with van der Waals surface area (Å²) in [6.07, 6.45) is 0. The van der Waals surface area contributed by atoms with E-state index in [1.54, 1.807) is 0 Å². The zero-order valence-electron chi connectivity index (χ0n) is 17.2. The highest BCUT2D eigenvalue weighted by atomic mass is 31.1. The molecule has 1 heterocycles. The van der Waals surface area contributed by atoms with E-state index >= 15 is 0 Å². The maximum atomic E-state index is 4.85. The largest absolute Gasteiger partial charge is 0.342 e. The van der Waals surface area contributed by atoms with Crippen LogP contribution in [0.25, 0.3) is 0 Å². The molecule has 148 valence electrons. The monoisotopic (exact) mass is 409 g/mol. The molecule has 1 aromatic heterocycles. The van der Waals surface area contributed by atoms with E-state index in [1.165, 1.54) is 16.2 Å². The fraction of sp³-hybridized carbons (Fsp3) is 0.0769. The molecule has 4 heteroatoms. The van der Waals surface area contributed by atoms with Crippen molar-refractivity contribution in [1.29, 1.82) is 0 Å². The van der Waals surface area contributed by atoms with Crippen molar-refractivity contribution in [3.63, 3.8) is 0 Å². The Morgan fingerprint density at radius 3 is 1.93 bits per heavy atom. The molecule has 0 fully saturated rings. The normalized spacial score (nSPS) is 11.5. The zero-order valence-corrected chi connectivity index (χ0v) is 18.1. The number of pyridine rings is 1. The summed E-state index contributed by atoms with van der Waals surface area (Å²) in [5, 5.41) is 6.20. The van der Waals surface area contributed by atoms with E-state index in [-0.39, 0.29) is 0 Å². The molecule has 0 bridgehead atoms. The van der Waals surface area contributed by atoms with Gasteiger partial charge in [0.15, 0.2) is 0 Å². The van der Waals surface area contributed by atoms with Gasteiger partial charge in [0.25, 0.3) is 0 Å². The van der Waals surface area contributed by atoms with Crippen molar-refractivity contribution in [2.75, 3.05) is 5.09 Å². The van der Waals surface area contributed by atoms with E-state index in [1.807, 2.05) is 49.4 Å². The summed E-state index contributed by atoms with van der Waals surface area (Å²) in [5.41, 5.74) is 3.93. The molecule has 0 aliphatic heterocycles. The van der Waals surface area contributed by atoms with Crippen LogP contribution in [0.15, 0.2) is 108 Å². The third-order valence-corrected chi connectivity index (χ3v) is 6.79. The molecule has 0 radical (unpaired) electrons. The first-order valence-corrected chi connectivity index (χ1v) is 11.3. The average molecular weight is 409 g/mol. The minimum absolute atomic E-state index is 0.763. The van der Waals surface area contributed by atoms with Crippen molar-refractivity contribution < 1.29 is 0 Å². The number of hydrogen-bond acceptors (Lipinski definition) is 3. The minimum Gasteiger partial charge on any atom is -0.342 e. The predicted molar refractivity (Wildman–Crippen MR) is 130 cm³/mol. The highest BCUT2D eigenvalue weighted by Gasteiger charge is 2.14. The number of nitrogens with zero attached hydrogens (tertiary/aromatic N) is 2. The lowest BCUT2D eigenvalue weighted by Crippen LogP contribution is -2.17. The van der Waals surface area contributed by atoms with Crippen LogP contribution in [0.1, 0.15) is 18.2 Å². The Bertz CT molecular complexity index is 1080. The summed E-state index contributed by atoms with van der Waals surface area (Å²) in [5.74, 6) is 0.852. The second kappa shape index (κ2) is 9.47. The van der Waals surface area contributed by atoms with Crippen LogP contribution in [0.5, 0.6) is 0 Å². The van der Waals surface area contributed by atoms with Crippen LogP contribution in [0, 0.1) is 6.92 Å². The Labute approximate surface area is 179 Å². The molecule has 4 aromatic rings.